The number of benzene rings is 3. The normalized spacial score (nSPS) is 11.0. The molecule has 5 rings (SSSR count). The highest BCUT2D eigenvalue weighted by Crippen LogP contribution is 2.38. The Bertz CT molecular complexity index is 1250. The van der Waals surface area contributed by atoms with Crippen LogP contribution in [0.1, 0.15) is 0 Å². The average Bonchev–Trinajstić information content (AvgIpc) is 3.12. The number of aromatic nitrogens is 2. The summed E-state index contributed by atoms with van der Waals surface area (Å²) < 4.78 is 2.27. The summed E-state index contributed by atoms with van der Waals surface area (Å²) in [4.78, 5) is 4.97. The largest absolute Gasteiger partial charge is 0.343 e. The second-order valence-electron chi connectivity index (χ2n) is 6.97. The predicted molar refractivity (Wildman–Crippen MR) is 117 cm³/mol. The van der Waals surface area contributed by atoms with Gasteiger partial charge >= 0.3 is 0 Å². The van der Waals surface area contributed by atoms with Crippen molar-refractivity contribution in [1.82, 2.24) is 9.55 Å². The van der Waals surface area contributed by atoms with Crippen molar-refractivity contribution in [3.8, 4) is 33.8 Å². The van der Waals surface area contributed by atoms with Crippen LogP contribution < -0.4 is 0 Å². The van der Waals surface area contributed by atoms with Gasteiger partial charge in [0.15, 0.2) is 0 Å². The van der Waals surface area contributed by atoms with Gasteiger partial charge < -0.3 is 4.57 Å². The molecule has 0 aliphatic rings. The molecule has 0 saturated heterocycles. The van der Waals surface area contributed by atoms with Crippen molar-refractivity contribution >= 4 is 10.9 Å². The van der Waals surface area contributed by atoms with Gasteiger partial charge in [-0.2, -0.15) is 0 Å². The molecule has 0 saturated carbocycles. The molecule has 5 aromatic rings. The Kier molecular flexibility index (Phi) is 4.02. The number of hydrogen-bond acceptors (Lipinski definition) is 1. The molecule has 0 aliphatic carbocycles. The minimum Gasteiger partial charge on any atom is -0.343 e. The Labute approximate surface area is 164 Å². The molecule has 2 nitrogen and oxygen atoms in total. The third kappa shape index (κ3) is 2.80. The molecule has 0 unspecified atom stereocenters. The lowest BCUT2D eigenvalue weighted by Crippen LogP contribution is -1.95. The lowest BCUT2D eigenvalue weighted by molar-refractivity contribution is 0.946. The maximum absolute atomic E-state index is 4.97. The predicted octanol–water partition coefficient (Wildman–Crippen LogP) is 6.57. The van der Waals surface area contributed by atoms with E-state index in [1.165, 1.54) is 22.5 Å². The quantitative estimate of drug-likeness (QED) is 0.355. The fourth-order valence-electron chi connectivity index (χ4n) is 3.85. The van der Waals surface area contributed by atoms with Crippen LogP contribution >= 0.6 is 0 Å². The minimum absolute atomic E-state index is 0.996. The van der Waals surface area contributed by atoms with Gasteiger partial charge in [0, 0.05) is 23.7 Å². The monoisotopic (exact) mass is 360 g/mol. The maximum Gasteiger partial charge on any atom is 0.0731 e. The highest BCUT2D eigenvalue weighted by atomic mass is 15.0. The molecule has 2 heteroatoms. The Morgan fingerprint density at radius 1 is 0.643 bits per heavy atom. The molecule has 0 spiro atoms. The molecule has 0 aliphatic heterocycles. The van der Waals surface area contributed by atoms with Gasteiger partial charge in [-0.05, 0) is 29.3 Å². The van der Waals surface area contributed by atoms with E-state index in [-0.39, 0.29) is 0 Å². The zero-order valence-electron chi connectivity index (χ0n) is 15.7. The fourth-order valence-corrected chi connectivity index (χ4v) is 3.85. The third-order valence-corrected chi connectivity index (χ3v) is 5.22. The number of nitrogens with zero attached hydrogens (tertiary/aromatic N) is 2. The Balaban J connectivity index is 1.78. The standard InChI is InChI=1S/C26H20N2/c1-28-25(20-11-4-2-5-12-20)18-22(26(28)21-13-6-3-7-14-21)24-17-16-19-10-8-9-15-23(19)27-24/h2-18H,1H3. The topological polar surface area (TPSA) is 17.8 Å². The Hall–Kier alpha value is -3.65. The van der Waals surface area contributed by atoms with Gasteiger partial charge in [0.2, 0.25) is 0 Å². The minimum atomic E-state index is 0.996. The number of fused-ring (bicyclic) bond motifs is 1. The molecule has 0 fully saturated rings. The maximum atomic E-state index is 4.97. The van der Waals surface area contributed by atoms with Gasteiger partial charge in [0.05, 0.1) is 16.9 Å². The van der Waals surface area contributed by atoms with Crippen LogP contribution in [-0.2, 0) is 7.05 Å². The van der Waals surface area contributed by atoms with Crippen molar-refractivity contribution in [3.63, 3.8) is 0 Å². The summed E-state index contributed by atoms with van der Waals surface area (Å²) in [5.74, 6) is 0. The van der Waals surface area contributed by atoms with Gasteiger partial charge in [0.25, 0.3) is 0 Å². The second-order valence-corrected chi connectivity index (χ2v) is 6.97. The zero-order chi connectivity index (χ0) is 18.9. The van der Waals surface area contributed by atoms with Crippen molar-refractivity contribution in [2.75, 3.05) is 0 Å². The summed E-state index contributed by atoms with van der Waals surface area (Å²) in [6.07, 6.45) is 0. The molecule has 0 radical (unpaired) electrons. The summed E-state index contributed by atoms with van der Waals surface area (Å²) in [7, 11) is 2.13. The van der Waals surface area contributed by atoms with Gasteiger partial charge in [-0.1, -0.05) is 84.9 Å². The summed E-state index contributed by atoms with van der Waals surface area (Å²) in [5.41, 5.74) is 7.93. The molecule has 3 aromatic carbocycles. The van der Waals surface area contributed by atoms with Crippen LogP contribution in [0.5, 0.6) is 0 Å². The smallest absolute Gasteiger partial charge is 0.0731 e. The molecule has 0 N–H and O–H groups in total. The first-order valence-electron chi connectivity index (χ1n) is 9.48. The van der Waals surface area contributed by atoms with Gasteiger partial charge in [-0.3, -0.25) is 0 Å². The molecule has 0 amide bonds. The SMILES string of the molecule is Cn1c(-c2ccccc2)cc(-c2ccc3ccccc3n2)c1-c1ccccc1. The number of rotatable bonds is 3. The zero-order valence-corrected chi connectivity index (χ0v) is 15.7. The molecule has 28 heavy (non-hydrogen) atoms. The van der Waals surface area contributed by atoms with E-state index in [0.29, 0.717) is 0 Å². The lowest BCUT2D eigenvalue weighted by Gasteiger charge is -2.10. The van der Waals surface area contributed by atoms with Crippen LogP contribution in [0.3, 0.4) is 0 Å². The molecule has 2 heterocycles. The van der Waals surface area contributed by atoms with E-state index in [4.69, 9.17) is 4.98 Å². The van der Waals surface area contributed by atoms with Crippen molar-refractivity contribution in [2.45, 2.75) is 0 Å². The van der Waals surface area contributed by atoms with E-state index < -0.39 is 0 Å². The first-order chi connectivity index (χ1) is 13.8. The summed E-state index contributed by atoms with van der Waals surface area (Å²) >= 11 is 0. The van der Waals surface area contributed by atoms with Crippen LogP contribution in [0.2, 0.25) is 0 Å². The third-order valence-electron chi connectivity index (χ3n) is 5.22. The van der Waals surface area contributed by atoms with Gasteiger partial charge in [-0.15, -0.1) is 0 Å². The van der Waals surface area contributed by atoms with Gasteiger partial charge in [0.1, 0.15) is 0 Å². The Morgan fingerprint density at radius 3 is 2.04 bits per heavy atom. The van der Waals surface area contributed by atoms with E-state index in [9.17, 15) is 0 Å². The molecule has 134 valence electrons. The highest BCUT2D eigenvalue weighted by Gasteiger charge is 2.18. The molecular formula is C26H20N2. The van der Waals surface area contributed by atoms with Crippen molar-refractivity contribution in [1.29, 1.82) is 0 Å². The van der Waals surface area contributed by atoms with E-state index in [1.54, 1.807) is 0 Å². The molecule has 2 aromatic heterocycles. The summed E-state index contributed by atoms with van der Waals surface area (Å²) in [5, 5.41) is 1.16. The van der Waals surface area contributed by atoms with E-state index in [1.807, 2.05) is 6.07 Å². The number of hydrogen-bond donors (Lipinski definition) is 0. The van der Waals surface area contributed by atoms with Crippen molar-refractivity contribution < 1.29 is 0 Å². The van der Waals surface area contributed by atoms with Crippen LogP contribution in [-0.4, -0.2) is 9.55 Å². The lowest BCUT2D eigenvalue weighted by atomic mass is 10.0. The van der Waals surface area contributed by atoms with Crippen LogP contribution in [0.15, 0.2) is 103 Å². The van der Waals surface area contributed by atoms with E-state index >= 15 is 0 Å². The van der Waals surface area contributed by atoms with Crippen molar-refractivity contribution in [3.05, 3.63) is 103 Å². The van der Waals surface area contributed by atoms with Crippen LogP contribution in [0, 0.1) is 0 Å². The summed E-state index contributed by atoms with van der Waals surface area (Å²) in [6.45, 7) is 0. The number of para-hydroxylation sites is 1. The fraction of sp³-hybridized carbons (Fsp3) is 0.0385. The summed E-state index contributed by atoms with van der Waals surface area (Å²) in [6, 6.07) is 35.9. The van der Waals surface area contributed by atoms with E-state index in [0.717, 1.165) is 22.2 Å². The molecular weight excluding hydrogens is 340 g/mol. The highest BCUT2D eigenvalue weighted by molar-refractivity contribution is 5.88. The average molecular weight is 360 g/mol. The first-order valence-corrected chi connectivity index (χ1v) is 9.48. The Morgan fingerprint density at radius 2 is 1.29 bits per heavy atom. The first kappa shape index (κ1) is 16.5. The second kappa shape index (κ2) is 6.82. The molecule has 0 bridgehead atoms. The number of pyridine rings is 1. The van der Waals surface area contributed by atoms with Crippen molar-refractivity contribution in [2.24, 2.45) is 7.05 Å². The van der Waals surface area contributed by atoms with Crippen LogP contribution in [0.4, 0.5) is 0 Å². The van der Waals surface area contributed by atoms with Crippen LogP contribution in [0.25, 0.3) is 44.7 Å². The molecule has 0 atom stereocenters. The van der Waals surface area contributed by atoms with E-state index in [2.05, 4.69) is 109 Å². The van der Waals surface area contributed by atoms with Gasteiger partial charge in [-0.25, -0.2) is 4.98 Å².